The molecule has 2 N–H and O–H groups in total. The number of amides is 2. The number of hydrogen-bond acceptors (Lipinski definition) is 8. The Hall–Kier alpha value is -4.64. The van der Waals surface area contributed by atoms with Crippen molar-refractivity contribution in [1.29, 1.82) is 0 Å². The molecule has 3 saturated heterocycles. The molecule has 9 rings (SSSR count). The van der Waals surface area contributed by atoms with Crippen LogP contribution in [0, 0.1) is 0 Å². The van der Waals surface area contributed by atoms with Crippen LogP contribution >= 0.6 is 94.0 Å². The minimum absolute atomic E-state index is 0.195. The molecule has 388 valence electrons. The SMILES string of the molecule is CN(C)c1ccc(CCC(=O)NC(N2CCCN(c3cccc4cc(C5CCN(c6ccc(CCC(=O)NC(N7CCCN(c8cccc9cccnc89)C7=S)C(Cl)(Cl)Cl)cc6)C5)cnc34)C2=S)C(Cl)(Cl)Cl)cc1. The van der Waals surface area contributed by atoms with Gasteiger partial charge in [0.2, 0.25) is 19.4 Å². The highest BCUT2D eigenvalue weighted by Gasteiger charge is 2.44. The summed E-state index contributed by atoms with van der Waals surface area (Å²) in [5, 5.41) is 8.85. The lowest BCUT2D eigenvalue weighted by atomic mass is 9.98. The number of pyridine rings is 2. The number of para-hydroxylation sites is 2. The van der Waals surface area contributed by atoms with Crippen LogP contribution in [0.15, 0.2) is 116 Å². The molecule has 74 heavy (non-hydrogen) atoms. The summed E-state index contributed by atoms with van der Waals surface area (Å²) in [6, 6.07) is 34.6. The van der Waals surface area contributed by atoms with Crippen LogP contribution in [0.25, 0.3) is 21.8 Å². The van der Waals surface area contributed by atoms with Crippen LogP contribution in [-0.4, -0.2) is 115 Å². The number of hydrogen-bond donors (Lipinski definition) is 2. The Bertz CT molecular complexity index is 3010. The average molecular weight is 1150 g/mol. The van der Waals surface area contributed by atoms with Crippen molar-refractivity contribution in [2.45, 2.75) is 70.8 Å². The number of benzene rings is 4. The summed E-state index contributed by atoms with van der Waals surface area (Å²) in [5.41, 5.74) is 8.76. The fourth-order valence-electron chi connectivity index (χ4n) is 10.1. The maximum Gasteiger partial charge on any atom is 0.228 e. The van der Waals surface area contributed by atoms with Crippen LogP contribution in [0.3, 0.4) is 0 Å². The van der Waals surface area contributed by atoms with Crippen molar-refractivity contribution in [2.24, 2.45) is 0 Å². The zero-order valence-corrected chi connectivity index (χ0v) is 47.0. The van der Waals surface area contributed by atoms with Gasteiger partial charge in [0.25, 0.3) is 0 Å². The number of nitrogens with one attached hydrogen (secondary N) is 2. The number of alkyl halides is 6. The van der Waals surface area contributed by atoms with Gasteiger partial charge in [-0.25, -0.2) is 0 Å². The highest BCUT2D eigenvalue weighted by molar-refractivity contribution is 7.80. The van der Waals surface area contributed by atoms with E-state index in [2.05, 4.69) is 56.9 Å². The molecule has 3 unspecified atom stereocenters. The number of carbonyl (C=O) groups excluding carboxylic acids is 2. The van der Waals surface area contributed by atoms with Gasteiger partial charge in [0.15, 0.2) is 22.6 Å². The summed E-state index contributed by atoms with van der Waals surface area (Å²) in [5.74, 6) is -0.222. The predicted molar refractivity (Wildman–Crippen MR) is 314 cm³/mol. The number of fused-ring (bicyclic) bond motifs is 2. The van der Waals surface area contributed by atoms with Crippen molar-refractivity contribution < 1.29 is 9.59 Å². The smallest absolute Gasteiger partial charge is 0.228 e. The quantitative estimate of drug-likeness (QED) is 0.0756. The fraction of sp³-hybridized carbons (Fsp3) is 0.370. The van der Waals surface area contributed by atoms with Gasteiger partial charge in [-0.3, -0.25) is 19.6 Å². The van der Waals surface area contributed by atoms with Gasteiger partial charge < -0.3 is 40.0 Å². The number of rotatable bonds is 15. The van der Waals surface area contributed by atoms with E-state index in [0.29, 0.717) is 55.7 Å². The maximum atomic E-state index is 13.5. The van der Waals surface area contributed by atoms with Gasteiger partial charge in [0.05, 0.1) is 22.4 Å². The van der Waals surface area contributed by atoms with Crippen molar-refractivity contribution in [2.75, 3.05) is 73.0 Å². The third-order valence-electron chi connectivity index (χ3n) is 14.0. The second kappa shape index (κ2) is 23.3. The molecular formula is C54H56Cl6N10O2S2. The first-order chi connectivity index (χ1) is 35.4. The van der Waals surface area contributed by atoms with Gasteiger partial charge in [0.1, 0.15) is 0 Å². The zero-order valence-electron chi connectivity index (χ0n) is 40.9. The Labute approximate surface area is 473 Å². The summed E-state index contributed by atoms with van der Waals surface area (Å²) in [6.07, 6.45) is 5.64. The molecule has 0 radical (unpaired) electrons. The Morgan fingerprint density at radius 2 is 1.18 bits per heavy atom. The highest BCUT2D eigenvalue weighted by Crippen LogP contribution is 2.39. The number of carbonyl (C=O) groups is 2. The molecule has 4 aromatic carbocycles. The lowest BCUT2D eigenvalue weighted by Gasteiger charge is -2.44. The minimum Gasteiger partial charge on any atom is -0.378 e. The molecule has 0 spiro atoms. The first-order valence-electron chi connectivity index (χ1n) is 24.6. The topological polar surface area (TPSA) is 103 Å². The number of nitrogens with zero attached hydrogens (tertiary/aromatic N) is 8. The fourth-order valence-corrected chi connectivity index (χ4v) is 11.9. The van der Waals surface area contributed by atoms with Crippen LogP contribution in [0.2, 0.25) is 0 Å². The molecule has 0 bridgehead atoms. The second-order valence-electron chi connectivity index (χ2n) is 19.1. The van der Waals surface area contributed by atoms with E-state index >= 15 is 0 Å². The average Bonchev–Trinajstić information content (AvgIpc) is 3.89. The molecule has 0 aliphatic carbocycles. The van der Waals surface area contributed by atoms with Crippen LogP contribution in [0.4, 0.5) is 22.7 Å². The van der Waals surface area contributed by atoms with Crippen LogP contribution in [0.5, 0.6) is 0 Å². The molecule has 3 fully saturated rings. The molecule has 3 aliphatic rings. The first kappa shape index (κ1) is 54.2. The molecule has 3 aliphatic heterocycles. The van der Waals surface area contributed by atoms with Crippen molar-refractivity contribution in [3.63, 3.8) is 0 Å². The van der Waals surface area contributed by atoms with E-state index in [4.69, 9.17) is 99.0 Å². The maximum absolute atomic E-state index is 13.5. The standard InChI is InChI=1S/C54H56Cl6N10O2S2/c1-65(2)41-19-13-35(14-20-41)17-23-45(71)63-50(54(58,59)60)70-30-7-28-68(52(70)74)44-12-4-9-38-32-40(33-62-48(38)44)39-25-31-66(34-39)42-21-15-36(16-22-42)18-24-46(72)64-49(53(55,56)57)69-29-6-27-67(51(69)73)43-11-3-8-37-10-5-26-61-47(37)43/h3-5,8-16,19-22,26,32-33,39,49-50H,6-7,17-18,23-25,27-31,34H2,1-2H3,(H,63,71)(H,64,72). The van der Waals surface area contributed by atoms with E-state index in [1.54, 1.807) is 16.0 Å². The first-order valence-corrected chi connectivity index (χ1v) is 27.7. The predicted octanol–water partition coefficient (Wildman–Crippen LogP) is 11.3. The molecule has 12 nitrogen and oxygen atoms in total. The summed E-state index contributed by atoms with van der Waals surface area (Å²) in [6.45, 7) is 4.04. The Balaban J connectivity index is 0.795. The number of aromatic nitrogens is 2. The van der Waals surface area contributed by atoms with Gasteiger partial charge in [-0.1, -0.05) is 124 Å². The van der Waals surface area contributed by atoms with Crippen LogP contribution < -0.4 is 30.2 Å². The minimum atomic E-state index is -1.86. The van der Waals surface area contributed by atoms with Gasteiger partial charge in [-0.05, 0) is 122 Å². The van der Waals surface area contributed by atoms with E-state index in [-0.39, 0.29) is 30.6 Å². The second-order valence-corrected chi connectivity index (χ2v) is 24.6. The van der Waals surface area contributed by atoms with Crippen LogP contribution in [-0.2, 0) is 22.4 Å². The normalized spacial score (nSPS) is 17.5. The molecular weight excluding hydrogens is 1100 g/mol. The number of anilines is 4. The zero-order chi connectivity index (χ0) is 52.3. The van der Waals surface area contributed by atoms with E-state index < -0.39 is 19.9 Å². The molecule has 6 aromatic rings. The van der Waals surface area contributed by atoms with Gasteiger partial charge in [-0.15, -0.1) is 0 Å². The van der Waals surface area contributed by atoms with Crippen molar-refractivity contribution in [3.05, 3.63) is 132 Å². The van der Waals surface area contributed by atoms with Gasteiger partial charge in [-0.2, -0.15) is 0 Å². The summed E-state index contributed by atoms with van der Waals surface area (Å²) >= 11 is 51.5. The Kier molecular flexibility index (Phi) is 17.1. The monoisotopic (exact) mass is 1150 g/mol. The van der Waals surface area contributed by atoms with Crippen LogP contribution in [0.1, 0.15) is 54.7 Å². The lowest BCUT2D eigenvalue weighted by Crippen LogP contribution is -2.62. The number of aryl methyl sites for hydroxylation is 2. The molecule has 0 saturated carbocycles. The molecule has 2 aromatic heterocycles. The molecule has 2 amide bonds. The van der Waals surface area contributed by atoms with Gasteiger partial charge in [0, 0.05) is 107 Å². The Morgan fingerprint density at radius 1 is 0.662 bits per heavy atom. The lowest BCUT2D eigenvalue weighted by molar-refractivity contribution is -0.123. The summed E-state index contributed by atoms with van der Waals surface area (Å²) in [4.78, 5) is 48.6. The third kappa shape index (κ3) is 12.4. The molecule has 20 heteroatoms. The van der Waals surface area contributed by atoms with Crippen molar-refractivity contribution >= 4 is 161 Å². The summed E-state index contributed by atoms with van der Waals surface area (Å²) < 4.78 is -3.71. The van der Waals surface area contributed by atoms with E-state index in [1.165, 1.54) is 0 Å². The molecule has 3 atom stereocenters. The van der Waals surface area contributed by atoms with E-state index in [1.807, 2.05) is 102 Å². The van der Waals surface area contributed by atoms with Crippen molar-refractivity contribution in [3.8, 4) is 0 Å². The number of thiocarbonyl (C=S) groups is 2. The van der Waals surface area contributed by atoms with E-state index in [9.17, 15) is 9.59 Å². The van der Waals surface area contributed by atoms with Crippen molar-refractivity contribution in [1.82, 2.24) is 30.4 Å². The summed E-state index contributed by atoms with van der Waals surface area (Å²) in [7, 11) is 3.97. The largest absolute Gasteiger partial charge is 0.378 e. The highest BCUT2D eigenvalue weighted by atomic mass is 35.6. The van der Waals surface area contributed by atoms with Gasteiger partial charge >= 0.3 is 0 Å². The van der Waals surface area contributed by atoms with E-state index in [0.717, 1.165) is 87.2 Å². The molecule has 5 heterocycles. The number of halogens is 6. The Morgan fingerprint density at radius 3 is 1.72 bits per heavy atom. The third-order valence-corrected chi connectivity index (χ3v) is 16.1.